The molecule has 138 valence electrons. The van der Waals surface area contributed by atoms with E-state index >= 15 is 0 Å². The molecule has 9 heteroatoms. The number of aliphatic hydroxyl groups excluding tert-OH is 1. The minimum Gasteiger partial charge on any atom is -0.490 e. The summed E-state index contributed by atoms with van der Waals surface area (Å²) in [5.41, 5.74) is -1.58. The third kappa shape index (κ3) is 5.21. The van der Waals surface area contributed by atoms with Gasteiger partial charge in [0.05, 0.1) is 28.8 Å². The Morgan fingerprint density at radius 3 is 2.37 bits per heavy atom. The number of alkyl halides is 3. The molecule has 2 rings (SSSR count). The highest BCUT2D eigenvalue weighted by molar-refractivity contribution is 5.94. The number of hydrogen-bond acceptors (Lipinski definition) is 5. The summed E-state index contributed by atoms with van der Waals surface area (Å²) in [6.45, 7) is -0.444. The van der Waals surface area contributed by atoms with Gasteiger partial charge in [-0.3, -0.25) is 4.79 Å². The maximum Gasteiger partial charge on any atom is 0.417 e. The van der Waals surface area contributed by atoms with Crippen molar-refractivity contribution in [2.24, 2.45) is 0 Å². The van der Waals surface area contributed by atoms with E-state index in [9.17, 15) is 23.1 Å². The average molecular weight is 375 g/mol. The van der Waals surface area contributed by atoms with E-state index in [1.165, 1.54) is 30.3 Å². The Morgan fingerprint density at radius 2 is 1.81 bits per heavy atom. The molecule has 0 bridgehead atoms. The van der Waals surface area contributed by atoms with Crippen LogP contribution < -0.4 is 10.1 Å². The summed E-state index contributed by atoms with van der Waals surface area (Å²) in [7, 11) is 0. The van der Waals surface area contributed by atoms with Crippen molar-refractivity contribution in [2.75, 3.05) is 11.9 Å². The maximum absolute atomic E-state index is 12.9. The fraction of sp³-hybridized carbons (Fsp3) is 0.167. The van der Waals surface area contributed by atoms with E-state index in [2.05, 4.69) is 5.32 Å². The van der Waals surface area contributed by atoms with Gasteiger partial charge >= 0.3 is 6.18 Å². The molecule has 0 saturated carbocycles. The van der Waals surface area contributed by atoms with Crippen LogP contribution in [0.25, 0.3) is 0 Å². The van der Waals surface area contributed by atoms with Crippen LogP contribution in [0.5, 0.6) is 5.75 Å². The highest BCUT2D eigenvalue weighted by Gasteiger charge is 2.34. The van der Waals surface area contributed by atoms with Gasteiger partial charge in [-0.05, 0) is 42.5 Å². The van der Waals surface area contributed by atoms with Gasteiger partial charge in [0.2, 0.25) is 0 Å². The van der Waals surface area contributed by atoms with Gasteiger partial charge in [0, 0.05) is 5.69 Å². The van der Waals surface area contributed by atoms with Crippen LogP contribution in [0.2, 0.25) is 0 Å². The number of carbonyl (C=O) groups is 1. The van der Waals surface area contributed by atoms with Crippen molar-refractivity contribution in [3.05, 3.63) is 59.2 Å². The molecule has 0 spiro atoms. The van der Waals surface area contributed by atoms with Crippen LogP contribution in [-0.4, -0.2) is 23.7 Å². The van der Waals surface area contributed by atoms with Gasteiger partial charge in [-0.2, -0.15) is 23.7 Å². The molecule has 2 aromatic rings. The number of nitrogens with one attached hydrogen (secondary N) is 1. The van der Waals surface area contributed by atoms with Gasteiger partial charge in [-0.15, -0.1) is 0 Å². The highest BCUT2D eigenvalue weighted by Crippen LogP contribution is 2.33. The van der Waals surface area contributed by atoms with Crippen molar-refractivity contribution >= 4 is 11.6 Å². The topological polar surface area (TPSA) is 106 Å². The third-order valence-electron chi connectivity index (χ3n) is 3.41. The summed E-state index contributed by atoms with van der Waals surface area (Å²) in [5.74, 6) is -0.667. The summed E-state index contributed by atoms with van der Waals surface area (Å²) in [6, 6.07) is 11.9. The Morgan fingerprint density at radius 1 is 1.15 bits per heavy atom. The van der Waals surface area contributed by atoms with Crippen molar-refractivity contribution < 1.29 is 27.8 Å². The zero-order chi connectivity index (χ0) is 20.0. The van der Waals surface area contributed by atoms with Crippen LogP contribution in [0.3, 0.4) is 0 Å². The number of anilines is 1. The Hall–Kier alpha value is -3.56. The van der Waals surface area contributed by atoms with E-state index in [4.69, 9.17) is 15.3 Å². The Labute approximate surface area is 152 Å². The normalized spacial score (nSPS) is 11.8. The van der Waals surface area contributed by atoms with Crippen LogP contribution in [-0.2, 0) is 11.0 Å². The Balaban J connectivity index is 2.01. The van der Waals surface area contributed by atoms with Crippen molar-refractivity contribution in [3.8, 4) is 17.9 Å². The predicted molar refractivity (Wildman–Crippen MR) is 87.4 cm³/mol. The molecule has 0 aliphatic rings. The minimum atomic E-state index is -4.76. The quantitative estimate of drug-likeness (QED) is 0.836. The second kappa shape index (κ2) is 8.21. The number of benzene rings is 2. The summed E-state index contributed by atoms with van der Waals surface area (Å²) in [6.07, 6.45) is -6.41. The molecule has 1 amide bonds. The van der Waals surface area contributed by atoms with Crippen LogP contribution in [0.1, 0.15) is 16.7 Å². The number of aliphatic hydroxyl groups is 1. The summed E-state index contributed by atoms with van der Waals surface area (Å²) >= 11 is 0. The van der Waals surface area contributed by atoms with Gasteiger partial charge in [-0.1, -0.05) is 0 Å². The van der Waals surface area contributed by atoms with Gasteiger partial charge in [-0.25, -0.2) is 0 Å². The monoisotopic (exact) mass is 375 g/mol. The van der Waals surface area contributed by atoms with Crippen LogP contribution in [0.4, 0.5) is 18.9 Å². The predicted octanol–water partition coefficient (Wildman–Crippen LogP) is 2.83. The standard InChI is InChI=1S/C18H12F3N3O3/c19-18(20,21)15-7-13(4-3-12(15)9-23)24-17(26)16(25)10-27-14-5-1-11(8-22)2-6-14/h1-7,16,25H,10H2,(H,24,26)/t16-/m1/s1. The molecular weight excluding hydrogens is 363 g/mol. The average Bonchev–Trinajstić information content (AvgIpc) is 2.65. The molecule has 0 saturated heterocycles. The molecule has 1 atom stereocenters. The second-order valence-corrected chi connectivity index (χ2v) is 5.32. The number of nitriles is 2. The molecule has 0 aliphatic heterocycles. The number of nitrogens with zero attached hydrogens (tertiary/aromatic N) is 2. The Bertz CT molecular complexity index is 913. The largest absolute Gasteiger partial charge is 0.490 e. The van der Waals surface area contributed by atoms with E-state index in [0.717, 1.165) is 12.1 Å². The van der Waals surface area contributed by atoms with Crippen molar-refractivity contribution in [2.45, 2.75) is 12.3 Å². The molecule has 2 aromatic carbocycles. The first-order valence-electron chi connectivity index (χ1n) is 7.48. The SMILES string of the molecule is N#Cc1ccc(OC[C@@H](O)C(=O)Nc2ccc(C#N)c(C(F)(F)F)c2)cc1. The first-order chi connectivity index (χ1) is 12.7. The lowest BCUT2D eigenvalue weighted by molar-refractivity contribution is -0.137. The van der Waals surface area contributed by atoms with Gasteiger partial charge in [0.15, 0.2) is 6.10 Å². The number of carbonyl (C=O) groups excluding carboxylic acids is 1. The second-order valence-electron chi connectivity index (χ2n) is 5.32. The van der Waals surface area contributed by atoms with Crippen LogP contribution in [0.15, 0.2) is 42.5 Å². The maximum atomic E-state index is 12.9. The molecule has 0 aromatic heterocycles. The number of ether oxygens (including phenoxy) is 1. The highest BCUT2D eigenvalue weighted by atomic mass is 19.4. The molecule has 0 fully saturated rings. The number of rotatable bonds is 5. The smallest absolute Gasteiger partial charge is 0.417 e. The van der Waals surface area contributed by atoms with E-state index < -0.39 is 35.9 Å². The first kappa shape index (κ1) is 19.8. The van der Waals surface area contributed by atoms with Crippen LogP contribution in [0, 0.1) is 22.7 Å². The minimum absolute atomic E-state index is 0.219. The molecule has 0 radical (unpaired) electrons. The van der Waals surface area contributed by atoms with Crippen molar-refractivity contribution in [1.29, 1.82) is 10.5 Å². The van der Waals surface area contributed by atoms with E-state index in [1.54, 1.807) is 0 Å². The summed E-state index contributed by atoms with van der Waals surface area (Å²) < 4.78 is 44.0. The zero-order valence-corrected chi connectivity index (χ0v) is 13.6. The first-order valence-corrected chi connectivity index (χ1v) is 7.48. The Kier molecular flexibility index (Phi) is 6.01. The van der Waals surface area contributed by atoms with Gasteiger partial charge in [0.1, 0.15) is 12.4 Å². The van der Waals surface area contributed by atoms with Crippen molar-refractivity contribution in [1.82, 2.24) is 0 Å². The lowest BCUT2D eigenvalue weighted by Gasteiger charge is -2.14. The molecule has 2 N–H and O–H groups in total. The molecular formula is C18H12F3N3O3. The van der Waals surface area contributed by atoms with Gasteiger partial charge < -0.3 is 15.2 Å². The lowest BCUT2D eigenvalue weighted by Crippen LogP contribution is -2.33. The van der Waals surface area contributed by atoms with E-state index in [0.29, 0.717) is 17.4 Å². The van der Waals surface area contributed by atoms with E-state index in [1.807, 2.05) is 6.07 Å². The van der Waals surface area contributed by atoms with Gasteiger partial charge in [0.25, 0.3) is 5.91 Å². The molecule has 0 unspecified atom stereocenters. The lowest BCUT2D eigenvalue weighted by atomic mass is 10.1. The number of halogens is 3. The third-order valence-corrected chi connectivity index (χ3v) is 3.41. The molecule has 6 nitrogen and oxygen atoms in total. The van der Waals surface area contributed by atoms with Crippen LogP contribution >= 0.6 is 0 Å². The van der Waals surface area contributed by atoms with Crippen molar-refractivity contribution in [3.63, 3.8) is 0 Å². The molecule has 27 heavy (non-hydrogen) atoms. The fourth-order valence-corrected chi connectivity index (χ4v) is 2.06. The number of hydrogen-bond donors (Lipinski definition) is 2. The molecule has 0 heterocycles. The number of amides is 1. The zero-order valence-electron chi connectivity index (χ0n) is 13.6. The molecule has 0 aliphatic carbocycles. The van der Waals surface area contributed by atoms with E-state index in [-0.39, 0.29) is 5.69 Å². The summed E-state index contributed by atoms with van der Waals surface area (Å²) in [4.78, 5) is 11.9. The fourth-order valence-electron chi connectivity index (χ4n) is 2.06. The summed E-state index contributed by atoms with van der Waals surface area (Å²) in [5, 5.41) is 29.4.